The predicted molar refractivity (Wildman–Crippen MR) is 155 cm³/mol. The number of nitriles is 2. The zero-order valence-electron chi connectivity index (χ0n) is 22.4. The fourth-order valence-electron chi connectivity index (χ4n) is 6.08. The molecule has 0 aliphatic carbocycles. The molecule has 0 saturated carbocycles. The molecule has 5 rings (SSSR count). The van der Waals surface area contributed by atoms with Crippen LogP contribution in [-0.2, 0) is 4.79 Å². The number of hydrogen-bond acceptors (Lipinski definition) is 7. The lowest BCUT2D eigenvalue weighted by Crippen LogP contribution is -2.52. The minimum Gasteiger partial charge on any atom is -0.367 e. The number of pyridine rings is 2. The van der Waals surface area contributed by atoms with Crippen LogP contribution in [0.4, 0.5) is 11.6 Å². The van der Waals surface area contributed by atoms with Gasteiger partial charge < -0.3 is 15.1 Å². The van der Waals surface area contributed by atoms with Gasteiger partial charge in [-0.2, -0.15) is 10.5 Å². The van der Waals surface area contributed by atoms with E-state index >= 15 is 0 Å². The van der Waals surface area contributed by atoms with Crippen molar-refractivity contribution < 1.29 is 4.79 Å². The third-order valence-electron chi connectivity index (χ3n) is 8.26. The maximum atomic E-state index is 13.9. The number of nitrogens with one attached hydrogen (secondary N) is 1. The standard InChI is InChI=1S/C31H32ClN7O/c1-21(37-29-10-5-22(16-33)18-36-29)26-11-15-39(20-28(26)23-6-8-25(32)9-7-23)31(40)27-12-14-38(19-24(27)17-34)30-4-2-3-13-35-30/h2-10,13,18,21,24,26-28H,11-12,14-15,19-20H2,1H3,(H,36,37)/t21?,24?,26-,27?,28-/m1/s1. The summed E-state index contributed by atoms with van der Waals surface area (Å²) < 4.78 is 0. The molecule has 0 spiro atoms. The van der Waals surface area contributed by atoms with Crippen LogP contribution in [0.5, 0.6) is 0 Å². The van der Waals surface area contributed by atoms with E-state index in [1.54, 1.807) is 18.5 Å². The van der Waals surface area contributed by atoms with E-state index in [4.69, 9.17) is 16.9 Å². The van der Waals surface area contributed by atoms with Gasteiger partial charge in [0.15, 0.2) is 0 Å². The van der Waals surface area contributed by atoms with Gasteiger partial charge in [-0.15, -0.1) is 0 Å². The molecule has 0 radical (unpaired) electrons. The van der Waals surface area contributed by atoms with Crippen LogP contribution in [0.2, 0.25) is 5.02 Å². The molecule has 2 aliphatic rings. The van der Waals surface area contributed by atoms with Gasteiger partial charge >= 0.3 is 0 Å². The Morgan fingerprint density at radius 1 is 1.05 bits per heavy atom. The van der Waals surface area contributed by atoms with E-state index in [-0.39, 0.29) is 29.7 Å². The van der Waals surface area contributed by atoms with Crippen molar-refractivity contribution >= 4 is 29.1 Å². The number of hydrogen-bond donors (Lipinski definition) is 1. The number of halogens is 1. The Bertz CT molecular complexity index is 1380. The average molecular weight is 554 g/mol. The Labute approximate surface area is 240 Å². The lowest BCUT2D eigenvalue weighted by Gasteiger charge is -2.44. The van der Waals surface area contributed by atoms with Crippen LogP contribution in [0.3, 0.4) is 0 Å². The van der Waals surface area contributed by atoms with Crippen molar-refractivity contribution in [1.29, 1.82) is 10.5 Å². The Hall–Kier alpha value is -4.14. The van der Waals surface area contributed by atoms with Crippen LogP contribution in [0, 0.1) is 40.4 Å². The Balaban J connectivity index is 1.32. The summed E-state index contributed by atoms with van der Waals surface area (Å²) in [6.45, 7) is 4.56. The maximum absolute atomic E-state index is 13.9. The number of anilines is 2. The molecule has 3 unspecified atom stereocenters. The van der Waals surface area contributed by atoms with Gasteiger partial charge in [0.2, 0.25) is 5.91 Å². The minimum atomic E-state index is -0.391. The summed E-state index contributed by atoms with van der Waals surface area (Å²) in [6.07, 6.45) is 4.76. The van der Waals surface area contributed by atoms with E-state index in [1.165, 1.54) is 0 Å². The van der Waals surface area contributed by atoms with Crippen LogP contribution >= 0.6 is 11.6 Å². The Morgan fingerprint density at radius 3 is 2.55 bits per heavy atom. The highest BCUT2D eigenvalue weighted by Gasteiger charge is 2.41. The van der Waals surface area contributed by atoms with Crippen LogP contribution < -0.4 is 10.2 Å². The number of carbonyl (C=O) groups excluding carboxylic acids is 1. The number of likely N-dealkylation sites (tertiary alicyclic amines) is 1. The van der Waals surface area contributed by atoms with Gasteiger partial charge in [0.25, 0.3) is 0 Å². The van der Waals surface area contributed by atoms with Crippen LogP contribution in [-0.4, -0.2) is 53.0 Å². The molecule has 1 N–H and O–H groups in total. The summed E-state index contributed by atoms with van der Waals surface area (Å²) in [4.78, 5) is 26.8. The Morgan fingerprint density at radius 2 is 1.88 bits per heavy atom. The van der Waals surface area contributed by atoms with E-state index in [2.05, 4.69) is 39.2 Å². The zero-order valence-corrected chi connectivity index (χ0v) is 23.2. The molecule has 2 fully saturated rings. The highest BCUT2D eigenvalue weighted by Crippen LogP contribution is 2.38. The van der Waals surface area contributed by atoms with Gasteiger partial charge in [-0.3, -0.25) is 4.79 Å². The van der Waals surface area contributed by atoms with E-state index < -0.39 is 5.92 Å². The molecular formula is C31H32ClN7O. The summed E-state index contributed by atoms with van der Waals surface area (Å²) in [5, 5.41) is 23.3. The lowest BCUT2D eigenvalue weighted by atomic mass is 9.76. The van der Waals surface area contributed by atoms with Crippen LogP contribution in [0.25, 0.3) is 0 Å². The van der Waals surface area contributed by atoms with E-state index in [0.717, 1.165) is 23.6 Å². The highest BCUT2D eigenvalue weighted by atomic mass is 35.5. The number of benzene rings is 1. The molecule has 4 heterocycles. The van der Waals surface area contributed by atoms with Gasteiger partial charge in [-0.25, -0.2) is 9.97 Å². The quantitative estimate of drug-likeness (QED) is 0.452. The molecule has 8 nitrogen and oxygen atoms in total. The average Bonchev–Trinajstić information content (AvgIpc) is 3.01. The fourth-order valence-corrected chi connectivity index (χ4v) is 6.20. The summed E-state index contributed by atoms with van der Waals surface area (Å²) in [5.74, 6) is 1.24. The van der Waals surface area contributed by atoms with Gasteiger partial charge in [0, 0.05) is 55.6 Å². The van der Waals surface area contributed by atoms with Crippen molar-refractivity contribution in [2.24, 2.45) is 17.8 Å². The normalized spacial score (nSPS) is 23.5. The highest BCUT2D eigenvalue weighted by molar-refractivity contribution is 6.30. The number of rotatable bonds is 6. The second kappa shape index (κ2) is 12.4. The van der Waals surface area contributed by atoms with E-state index in [1.807, 2.05) is 53.4 Å². The molecule has 9 heteroatoms. The van der Waals surface area contributed by atoms with Gasteiger partial charge in [0.05, 0.1) is 23.5 Å². The first-order valence-corrected chi connectivity index (χ1v) is 14.1. The van der Waals surface area contributed by atoms with Crippen molar-refractivity contribution in [2.75, 3.05) is 36.4 Å². The SMILES string of the molecule is CC(Nc1ccc(C#N)cn1)[C@H]1CCN(C(=O)C2CCN(c3ccccn3)CC2C#N)C[C@@H]1c1ccc(Cl)cc1. The second-order valence-electron chi connectivity index (χ2n) is 10.6. The van der Waals surface area contributed by atoms with Crippen LogP contribution in [0.15, 0.2) is 67.0 Å². The number of nitrogens with zero attached hydrogens (tertiary/aromatic N) is 6. The number of aromatic nitrogens is 2. The molecule has 2 aromatic heterocycles. The fraction of sp³-hybridized carbons (Fsp3) is 0.387. The van der Waals surface area contributed by atoms with Crippen molar-refractivity contribution in [1.82, 2.24) is 14.9 Å². The third kappa shape index (κ3) is 6.03. The molecule has 0 bridgehead atoms. The number of carbonyl (C=O) groups is 1. The second-order valence-corrected chi connectivity index (χ2v) is 11.1. The smallest absolute Gasteiger partial charge is 0.227 e. The predicted octanol–water partition coefficient (Wildman–Crippen LogP) is 5.10. The largest absolute Gasteiger partial charge is 0.367 e. The summed E-state index contributed by atoms with van der Waals surface area (Å²) >= 11 is 6.20. The van der Waals surface area contributed by atoms with Gasteiger partial charge in [-0.05, 0) is 67.6 Å². The molecule has 1 aromatic carbocycles. The Kier molecular flexibility index (Phi) is 8.48. The monoisotopic (exact) mass is 553 g/mol. The first-order chi connectivity index (χ1) is 19.5. The summed E-state index contributed by atoms with van der Waals surface area (Å²) in [6, 6.07) is 21.8. The van der Waals surface area contributed by atoms with Crippen molar-refractivity contribution in [2.45, 2.75) is 31.7 Å². The molecule has 1 amide bonds. The topological polar surface area (TPSA) is 109 Å². The molecule has 204 valence electrons. The molecule has 2 saturated heterocycles. The lowest BCUT2D eigenvalue weighted by molar-refractivity contribution is -0.139. The molecular weight excluding hydrogens is 522 g/mol. The molecule has 5 atom stereocenters. The molecule has 40 heavy (non-hydrogen) atoms. The van der Waals surface area contributed by atoms with Gasteiger partial charge in [-0.1, -0.05) is 29.8 Å². The van der Waals surface area contributed by atoms with Crippen molar-refractivity contribution in [3.05, 3.63) is 83.1 Å². The molecule has 2 aliphatic heterocycles. The molecule has 3 aromatic rings. The van der Waals surface area contributed by atoms with Crippen molar-refractivity contribution in [3.63, 3.8) is 0 Å². The van der Waals surface area contributed by atoms with E-state index in [0.29, 0.717) is 43.2 Å². The first kappa shape index (κ1) is 27.4. The first-order valence-electron chi connectivity index (χ1n) is 13.7. The van der Waals surface area contributed by atoms with E-state index in [9.17, 15) is 10.1 Å². The zero-order chi connectivity index (χ0) is 28.1. The number of piperidine rings is 2. The number of amides is 1. The maximum Gasteiger partial charge on any atom is 0.227 e. The van der Waals surface area contributed by atoms with Gasteiger partial charge in [0.1, 0.15) is 17.7 Å². The summed E-state index contributed by atoms with van der Waals surface area (Å²) in [7, 11) is 0. The minimum absolute atomic E-state index is 0.0685. The summed E-state index contributed by atoms with van der Waals surface area (Å²) in [5.41, 5.74) is 1.65. The van der Waals surface area contributed by atoms with Crippen LogP contribution in [0.1, 0.15) is 36.8 Å². The third-order valence-corrected chi connectivity index (χ3v) is 8.51. The van der Waals surface area contributed by atoms with Crippen molar-refractivity contribution in [3.8, 4) is 12.1 Å².